The smallest absolute Gasteiger partial charge is 0.0559 e. The Bertz CT molecular complexity index is 91.6. The summed E-state index contributed by atoms with van der Waals surface area (Å²) in [5, 5.41) is 0. The standard InChI is InChI=1S/C7H15NO/c1-3-7(6(2)8)4-9-5-7/h6H,3-5,8H2,1-2H3/t6-/m0/s1. The topological polar surface area (TPSA) is 35.2 Å². The maximum absolute atomic E-state index is 5.76. The first-order chi connectivity index (χ1) is 4.21. The molecule has 0 saturated carbocycles. The van der Waals surface area contributed by atoms with Crippen LogP contribution in [-0.2, 0) is 4.74 Å². The lowest BCUT2D eigenvalue weighted by atomic mass is 9.77. The second kappa shape index (κ2) is 2.27. The van der Waals surface area contributed by atoms with Gasteiger partial charge in [-0.25, -0.2) is 0 Å². The van der Waals surface area contributed by atoms with Crippen molar-refractivity contribution in [1.29, 1.82) is 0 Å². The minimum Gasteiger partial charge on any atom is -0.380 e. The molecule has 0 amide bonds. The second-order valence-electron chi connectivity index (χ2n) is 3.00. The summed E-state index contributed by atoms with van der Waals surface area (Å²) in [7, 11) is 0. The van der Waals surface area contributed by atoms with Crippen molar-refractivity contribution in [2.45, 2.75) is 26.3 Å². The van der Waals surface area contributed by atoms with Gasteiger partial charge in [0.25, 0.3) is 0 Å². The Morgan fingerprint density at radius 3 is 2.22 bits per heavy atom. The van der Waals surface area contributed by atoms with Crippen molar-refractivity contribution in [1.82, 2.24) is 0 Å². The van der Waals surface area contributed by atoms with Gasteiger partial charge in [0.15, 0.2) is 0 Å². The molecule has 1 saturated heterocycles. The van der Waals surface area contributed by atoms with Crippen LogP contribution in [0.3, 0.4) is 0 Å². The number of hydrogen-bond acceptors (Lipinski definition) is 2. The molecule has 0 aromatic heterocycles. The lowest BCUT2D eigenvalue weighted by Crippen LogP contribution is -2.53. The third-order valence-electron chi connectivity index (χ3n) is 2.45. The molecule has 9 heavy (non-hydrogen) atoms. The summed E-state index contributed by atoms with van der Waals surface area (Å²) in [6, 6.07) is 0.288. The molecule has 2 N–H and O–H groups in total. The van der Waals surface area contributed by atoms with E-state index < -0.39 is 0 Å². The molecule has 1 fully saturated rings. The molecule has 2 heteroatoms. The van der Waals surface area contributed by atoms with E-state index in [0.29, 0.717) is 5.41 Å². The van der Waals surface area contributed by atoms with Gasteiger partial charge in [-0.2, -0.15) is 0 Å². The molecule has 0 bridgehead atoms. The van der Waals surface area contributed by atoms with Crippen LogP contribution in [0.1, 0.15) is 20.3 Å². The summed E-state index contributed by atoms with van der Waals surface area (Å²) in [5.74, 6) is 0. The van der Waals surface area contributed by atoms with Crippen LogP contribution in [0.4, 0.5) is 0 Å². The number of nitrogens with two attached hydrogens (primary N) is 1. The van der Waals surface area contributed by atoms with Crippen molar-refractivity contribution < 1.29 is 4.74 Å². The van der Waals surface area contributed by atoms with Crippen molar-refractivity contribution in [2.75, 3.05) is 13.2 Å². The Morgan fingerprint density at radius 1 is 1.67 bits per heavy atom. The number of ether oxygens (including phenoxy) is 1. The first-order valence-electron chi connectivity index (χ1n) is 3.54. The fourth-order valence-electron chi connectivity index (χ4n) is 1.15. The van der Waals surface area contributed by atoms with Crippen molar-refractivity contribution >= 4 is 0 Å². The van der Waals surface area contributed by atoms with Gasteiger partial charge in [0.05, 0.1) is 13.2 Å². The van der Waals surface area contributed by atoms with Crippen LogP contribution < -0.4 is 5.73 Å². The number of rotatable bonds is 2. The molecule has 0 aromatic rings. The first-order valence-corrected chi connectivity index (χ1v) is 3.54. The van der Waals surface area contributed by atoms with Crippen LogP contribution in [-0.4, -0.2) is 19.3 Å². The van der Waals surface area contributed by atoms with Crippen LogP contribution in [0.5, 0.6) is 0 Å². The van der Waals surface area contributed by atoms with Gasteiger partial charge in [-0.3, -0.25) is 0 Å². The third-order valence-corrected chi connectivity index (χ3v) is 2.45. The minimum absolute atomic E-state index is 0.288. The van der Waals surface area contributed by atoms with Crippen molar-refractivity contribution in [3.05, 3.63) is 0 Å². The van der Waals surface area contributed by atoms with E-state index in [1.54, 1.807) is 0 Å². The van der Waals surface area contributed by atoms with Crippen molar-refractivity contribution in [2.24, 2.45) is 11.1 Å². The summed E-state index contributed by atoms with van der Waals surface area (Å²) in [4.78, 5) is 0. The van der Waals surface area contributed by atoms with Crippen LogP contribution >= 0.6 is 0 Å². The van der Waals surface area contributed by atoms with Gasteiger partial charge in [-0.15, -0.1) is 0 Å². The van der Waals surface area contributed by atoms with Crippen LogP contribution in [0.15, 0.2) is 0 Å². The maximum Gasteiger partial charge on any atom is 0.0559 e. The molecule has 1 rings (SSSR count). The minimum atomic E-state index is 0.288. The fraction of sp³-hybridized carbons (Fsp3) is 1.00. The van der Waals surface area contributed by atoms with Gasteiger partial charge in [0.2, 0.25) is 0 Å². The van der Waals surface area contributed by atoms with Gasteiger partial charge < -0.3 is 10.5 Å². The van der Waals surface area contributed by atoms with E-state index in [4.69, 9.17) is 10.5 Å². The summed E-state index contributed by atoms with van der Waals surface area (Å²) < 4.78 is 5.11. The van der Waals surface area contributed by atoms with E-state index in [0.717, 1.165) is 19.6 Å². The Morgan fingerprint density at radius 2 is 2.22 bits per heavy atom. The molecule has 0 aliphatic carbocycles. The Balaban J connectivity index is 2.46. The Hall–Kier alpha value is -0.0800. The van der Waals surface area contributed by atoms with Crippen LogP contribution in [0.25, 0.3) is 0 Å². The lowest BCUT2D eigenvalue weighted by molar-refractivity contribution is -0.125. The Kier molecular flexibility index (Phi) is 1.78. The molecule has 0 aromatic carbocycles. The van der Waals surface area contributed by atoms with Crippen LogP contribution in [0.2, 0.25) is 0 Å². The third kappa shape index (κ3) is 0.970. The van der Waals surface area contributed by atoms with Crippen LogP contribution in [0, 0.1) is 5.41 Å². The first kappa shape index (κ1) is 7.03. The van der Waals surface area contributed by atoms with E-state index >= 15 is 0 Å². The van der Waals surface area contributed by atoms with E-state index in [2.05, 4.69) is 13.8 Å². The van der Waals surface area contributed by atoms with E-state index in [1.165, 1.54) is 0 Å². The zero-order valence-electron chi connectivity index (χ0n) is 6.18. The molecule has 0 radical (unpaired) electrons. The highest BCUT2D eigenvalue weighted by Gasteiger charge is 2.39. The van der Waals surface area contributed by atoms with Gasteiger partial charge >= 0.3 is 0 Å². The summed E-state index contributed by atoms with van der Waals surface area (Å²) in [6.07, 6.45) is 1.14. The highest BCUT2D eigenvalue weighted by molar-refractivity contribution is 4.90. The fourth-order valence-corrected chi connectivity index (χ4v) is 1.15. The summed E-state index contributed by atoms with van der Waals surface area (Å²) in [5.41, 5.74) is 6.08. The maximum atomic E-state index is 5.76. The van der Waals surface area contributed by atoms with E-state index in [1.807, 2.05) is 0 Å². The quantitative estimate of drug-likeness (QED) is 0.597. The van der Waals surface area contributed by atoms with E-state index in [-0.39, 0.29) is 6.04 Å². The number of hydrogen-bond donors (Lipinski definition) is 1. The van der Waals surface area contributed by atoms with E-state index in [9.17, 15) is 0 Å². The lowest BCUT2D eigenvalue weighted by Gasteiger charge is -2.43. The highest BCUT2D eigenvalue weighted by atomic mass is 16.5. The zero-order valence-corrected chi connectivity index (χ0v) is 6.18. The monoisotopic (exact) mass is 129 g/mol. The van der Waals surface area contributed by atoms with Gasteiger partial charge in [0.1, 0.15) is 0 Å². The van der Waals surface area contributed by atoms with Gasteiger partial charge in [0, 0.05) is 11.5 Å². The van der Waals surface area contributed by atoms with Crippen molar-refractivity contribution in [3.63, 3.8) is 0 Å². The normalized spacial score (nSPS) is 27.0. The van der Waals surface area contributed by atoms with Crippen molar-refractivity contribution in [3.8, 4) is 0 Å². The predicted molar refractivity (Wildman–Crippen MR) is 37.2 cm³/mol. The van der Waals surface area contributed by atoms with Gasteiger partial charge in [-0.05, 0) is 13.3 Å². The zero-order chi connectivity index (χ0) is 6.91. The molecular formula is C7H15NO. The molecule has 54 valence electrons. The summed E-state index contributed by atoms with van der Waals surface area (Å²) >= 11 is 0. The predicted octanol–water partition coefficient (Wildman–Crippen LogP) is 0.760. The largest absolute Gasteiger partial charge is 0.380 e. The molecule has 1 aliphatic heterocycles. The SMILES string of the molecule is CCC1([C@H](C)N)COC1. The average Bonchev–Trinajstić information content (AvgIpc) is 1.62. The molecule has 1 atom stereocenters. The molecule has 1 heterocycles. The van der Waals surface area contributed by atoms with Gasteiger partial charge in [-0.1, -0.05) is 6.92 Å². The average molecular weight is 129 g/mol. The Labute approximate surface area is 56.4 Å². The molecule has 0 unspecified atom stereocenters. The molecule has 1 aliphatic rings. The molecule has 0 spiro atoms. The highest BCUT2D eigenvalue weighted by Crippen LogP contribution is 2.33. The summed E-state index contributed by atoms with van der Waals surface area (Å²) in [6.45, 7) is 5.96. The molecule has 2 nitrogen and oxygen atoms in total. The second-order valence-corrected chi connectivity index (χ2v) is 3.00. The molecular weight excluding hydrogens is 114 g/mol.